The van der Waals surface area contributed by atoms with Crippen LogP contribution in [0.2, 0.25) is 0 Å². The third-order valence-electron chi connectivity index (χ3n) is 6.00. The van der Waals surface area contributed by atoms with Gasteiger partial charge >= 0.3 is 0 Å². The van der Waals surface area contributed by atoms with Crippen LogP contribution in [0.15, 0.2) is 46.9 Å². The number of nitrogens with one attached hydrogen (secondary N) is 1. The van der Waals surface area contributed by atoms with Gasteiger partial charge in [0.1, 0.15) is 5.82 Å². The molecule has 4 rings (SSSR count). The van der Waals surface area contributed by atoms with Crippen molar-refractivity contribution in [2.75, 3.05) is 37.4 Å². The first-order chi connectivity index (χ1) is 15.8. The Kier molecular flexibility index (Phi) is 7.05. The minimum absolute atomic E-state index is 0.337. The fraction of sp³-hybridized carbons (Fsp3) is 0.320. The minimum Gasteiger partial charge on any atom is -0.341 e. The second-order valence-corrected chi connectivity index (χ2v) is 9.43. The van der Waals surface area contributed by atoms with Crippen LogP contribution in [0.3, 0.4) is 0 Å². The Morgan fingerprint density at radius 3 is 2.64 bits per heavy atom. The van der Waals surface area contributed by atoms with E-state index in [9.17, 15) is 9.18 Å². The number of fused-ring (bicyclic) bond motifs is 1. The summed E-state index contributed by atoms with van der Waals surface area (Å²) in [7, 11) is 4.25. The van der Waals surface area contributed by atoms with Crippen LogP contribution in [-0.4, -0.2) is 54.0 Å². The third-order valence-corrected chi connectivity index (χ3v) is 6.49. The number of aromatic nitrogens is 2. The van der Waals surface area contributed by atoms with Crippen molar-refractivity contribution in [3.63, 3.8) is 0 Å². The summed E-state index contributed by atoms with van der Waals surface area (Å²) in [4.78, 5) is 26.4. The van der Waals surface area contributed by atoms with Crippen LogP contribution >= 0.6 is 15.9 Å². The van der Waals surface area contributed by atoms with Gasteiger partial charge in [0.2, 0.25) is 11.9 Å². The van der Waals surface area contributed by atoms with Gasteiger partial charge in [-0.1, -0.05) is 22.0 Å². The smallest absolute Gasteiger partial charge is 0.248 e. The van der Waals surface area contributed by atoms with Crippen LogP contribution in [0, 0.1) is 12.7 Å². The molecule has 172 valence electrons. The molecule has 6 nitrogen and oxygen atoms in total. The third kappa shape index (κ3) is 5.57. The van der Waals surface area contributed by atoms with Crippen molar-refractivity contribution in [1.29, 1.82) is 0 Å². The largest absolute Gasteiger partial charge is 0.341 e. The van der Waals surface area contributed by atoms with E-state index in [1.54, 1.807) is 12.1 Å². The molecule has 1 N–H and O–H groups in total. The molecule has 33 heavy (non-hydrogen) atoms. The number of amides is 1. The Labute approximate surface area is 201 Å². The fourth-order valence-electron chi connectivity index (χ4n) is 4.05. The summed E-state index contributed by atoms with van der Waals surface area (Å²) in [5.74, 6) is 0.0257. The van der Waals surface area contributed by atoms with Gasteiger partial charge in [0.25, 0.3) is 0 Å². The summed E-state index contributed by atoms with van der Waals surface area (Å²) in [5, 5.41) is 3.72. The molecule has 1 amide bonds. The second kappa shape index (κ2) is 9.97. The summed E-state index contributed by atoms with van der Waals surface area (Å²) in [6.45, 7) is 3.84. The van der Waals surface area contributed by atoms with Crippen molar-refractivity contribution in [3.8, 4) is 0 Å². The van der Waals surface area contributed by atoms with Crippen LogP contribution in [0.4, 0.5) is 16.0 Å². The molecule has 1 aromatic heterocycles. The van der Waals surface area contributed by atoms with Crippen LogP contribution in [-0.2, 0) is 4.79 Å². The Bertz CT molecular complexity index is 1200. The number of carbonyl (C=O) groups excluding carboxylic acids is 1. The Hall–Kier alpha value is -2.84. The quantitative estimate of drug-likeness (QED) is 0.487. The van der Waals surface area contributed by atoms with E-state index in [1.807, 2.05) is 25.1 Å². The van der Waals surface area contributed by atoms with E-state index in [1.165, 1.54) is 18.2 Å². The SMILES string of the molecule is Cc1nc(N2CCC(N(C)C)CC2)nc2ccc(NC(=O)C=Cc3ccc(Br)cc3F)cc12. The molecule has 1 fully saturated rings. The van der Waals surface area contributed by atoms with Gasteiger partial charge in [-0.25, -0.2) is 14.4 Å². The maximum atomic E-state index is 13.9. The first-order valence-electron chi connectivity index (χ1n) is 10.9. The molecule has 1 aliphatic rings. The summed E-state index contributed by atoms with van der Waals surface area (Å²) in [6.07, 6.45) is 4.96. The zero-order valence-corrected chi connectivity index (χ0v) is 20.6. The molecule has 2 aromatic carbocycles. The monoisotopic (exact) mass is 511 g/mol. The maximum absolute atomic E-state index is 13.9. The molecule has 0 saturated carbocycles. The number of piperidine rings is 1. The molecular weight excluding hydrogens is 485 g/mol. The molecule has 0 bridgehead atoms. The van der Waals surface area contributed by atoms with Crippen molar-refractivity contribution < 1.29 is 9.18 Å². The van der Waals surface area contributed by atoms with Crippen LogP contribution < -0.4 is 10.2 Å². The number of hydrogen-bond donors (Lipinski definition) is 1. The molecule has 3 aromatic rings. The van der Waals surface area contributed by atoms with Gasteiger partial charge in [0, 0.05) is 46.3 Å². The van der Waals surface area contributed by atoms with Crippen molar-refractivity contribution in [3.05, 3.63) is 64.0 Å². The first-order valence-corrected chi connectivity index (χ1v) is 11.7. The number of rotatable bonds is 5. The van der Waals surface area contributed by atoms with Crippen LogP contribution in [0.25, 0.3) is 17.0 Å². The van der Waals surface area contributed by atoms with E-state index in [0.29, 0.717) is 21.8 Å². The average molecular weight is 512 g/mol. The number of hydrogen-bond acceptors (Lipinski definition) is 5. The maximum Gasteiger partial charge on any atom is 0.248 e. The second-order valence-electron chi connectivity index (χ2n) is 8.51. The number of benzene rings is 2. The Balaban J connectivity index is 1.47. The predicted molar refractivity (Wildman–Crippen MR) is 135 cm³/mol. The summed E-state index contributed by atoms with van der Waals surface area (Å²) >= 11 is 3.22. The number of nitrogens with zero attached hydrogens (tertiary/aromatic N) is 4. The normalized spacial score (nSPS) is 15.0. The van der Waals surface area contributed by atoms with E-state index < -0.39 is 5.82 Å². The molecule has 0 unspecified atom stereocenters. The van der Waals surface area contributed by atoms with Gasteiger partial charge in [-0.2, -0.15) is 0 Å². The highest BCUT2D eigenvalue weighted by molar-refractivity contribution is 9.10. The molecular formula is C25H27BrFN5O. The number of aryl methyl sites for hydroxylation is 1. The zero-order chi connectivity index (χ0) is 23.5. The van der Waals surface area contributed by atoms with E-state index >= 15 is 0 Å². The predicted octanol–water partition coefficient (Wildman–Crippen LogP) is 5.02. The van der Waals surface area contributed by atoms with Crippen molar-refractivity contribution in [2.45, 2.75) is 25.8 Å². The van der Waals surface area contributed by atoms with Crippen molar-refractivity contribution in [1.82, 2.24) is 14.9 Å². The van der Waals surface area contributed by atoms with Crippen molar-refractivity contribution in [2.24, 2.45) is 0 Å². The number of carbonyl (C=O) groups is 1. The molecule has 2 heterocycles. The van der Waals surface area contributed by atoms with E-state index in [-0.39, 0.29) is 5.91 Å². The van der Waals surface area contributed by atoms with E-state index in [4.69, 9.17) is 9.97 Å². The van der Waals surface area contributed by atoms with Crippen LogP contribution in [0.5, 0.6) is 0 Å². The average Bonchev–Trinajstić information content (AvgIpc) is 2.79. The van der Waals surface area contributed by atoms with Gasteiger partial charge in [0.15, 0.2) is 0 Å². The zero-order valence-electron chi connectivity index (χ0n) is 19.0. The van der Waals surface area contributed by atoms with E-state index in [2.05, 4.69) is 45.1 Å². The number of anilines is 2. The lowest BCUT2D eigenvalue weighted by Gasteiger charge is -2.35. The molecule has 8 heteroatoms. The summed E-state index contributed by atoms with van der Waals surface area (Å²) in [5.41, 5.74) is 2.70. The van der Waals surface area contributed by atoms with Gasteiger partial charge < -0.3 is 15.1 Å². The molecule has 0 aliphatic carbocycles. The highest BCUT2D eigenvalue weighted by Gasteiger charge is 2.22. The Morgan fingerprint density at radius 2 is 1.94 bits per heavy atom. The molecule has 0 atom stereocenters. The lowest BCUT2D eigenvalue weighted by Crippen LogP contribution is -2.42. The van der Waals surface area contributed by atoms with E-state index in [0.717, 1.165) is 48.5 Å². The van der Waals surface area contributed by atoms with Crippen molar-refractivity contribution >= 4 is 50.5 Å². The lowest BCUT2D eigenvalue weighted by molar-refractivity contribution is -0.111. The van der Waals surface area contributed by atoms with Gasteiger partial charge in [-0.05, 0) is 70.3 Å². The highest BCUT2D eigenvalue weighted by Crippen LogP contribution is 2.25. The topological polar surface area (TPSA) is 61.4 Å². The number of halogens is 2. The summed E-state index contributed by atoms with van der Waals surface area (Å²) in [6, 6.07) is 10.9. The van der Waals surface area contributed by atoms with Gasteiger partial charge in [-0.15, -0.1) is 0 Å². The standard InChI is InChI=1S/C25H27BrFN5O/c1-16-21-15-19(29-24(33)9-5-17-4-6-18(26)14-22(17)27)7-8-23(21)30-25(28-16)32-12-10-20(11-13-32)31(2)3/h4-9,14-15,20H,10-13H2,1-3H3,(H,29,33). The molecule has 0 radical (unpaired) electrons. The Morgan fingerprint density at radius 1 is 1.18 bits per heavy atom. The lowest BCUT2D eigenvalue weighted by atomic mass is 10.0. The fourth-order valence-corrected chi connectivity index (χ4v) is 4.39. The van der Waals surface area contributed by atoms with Gasteiger partial charge in [0.05, 0.1) is 11.2 Å². The van der Waals surface area contributed by atoms with Gasteiger partial charge in [-0.3, -0.25) is 4.79 Å². The molecule has 1 saturated heterocycles. The molecule has 1 aliphatic heterocycles. The highest BCUT2D eigenvalue weighted by atomic mass is 79.9. The minimum atomic E-state index is -0.395. The summed E-state index contributed by atoms with van der Waals surface area (Å²) < 4.78 is 14.6. The van der Waals surface area contributed by atoms with Crippen LogP contribution in [0.1, 0.15) is 24.1 Å². The first kappa shape index (κ1) is 23.3. The molecule has 0 spiro atoms.